The molecule has 11 heteroatoms. The minimum Gasteiger partial charge on any atom is -0.486 e. The molecule has 0 atom stereocenters. The van der Waals surface area contributed by atoms with Gasteiger partial charge in [-0.25, -0.2) is 0 Å². The summed E-state index contributed by atoms with van der Waals surface area (Å²) in [5.74, 6) is 0.908. The van der Waals surface area contributed by atoms with E-state index in [1.165, 1.54) is 36.0 Å². The molecule has 0 radical (unpaired) electrons. The Kier molecular flexibility index (Phi) is 7.41. The molecule has 0 fully saturated rings. The second-order valence-corrected chi connectivity index (χ2v) is 8.33. The van der Waals surface area contributed by atoms with E-state index < -0.39 is 4.92 Å². The highest BCUT2D eigenvalue weighted by Crippen LogP contribution is 2.24. The van der Waals surface area contributed by atoms with Crippen LogP contribution in [-0.4, -0.2) is 31.3 Å². The first-order valence-electron chi connectivity index (χ1n) is 10.0. The Balaban J connectivity index is 1.47. The van der Waals surface area contributed by atoms with Crippen molar-refractivity contribution in [1.82, 2.24) is 14.8 Å². The monoisotopic (exact) mass is 495 g/mol. The van der Waals surface area contributed by atoms with Crippen molar-refractivity contribution < 1.29 is 14.5 Å². The number of hydrogen-bond acceptors (Lipinski definition) is 7. The average molecular weight is 496 g/mol. The summed E-state index contributed by atoms with van der Waals surface area (Å²) < 4.78 is 7.58. The van der Waals surface area contributed by atoms with Crippen LogP contribution in [0.15, 0.2) is 84.0 Å². The van der Waals surface area contributed by atoms with E-state index in [4.69, 9.17) is 16.3 Å². The maximum Gasteiger partial charge on any atom is 0.269 e. The largest absolute Gasteiger partial charge is 0.486 e. The lowest BCUT2D eigenvalue weighted by Gasteiger charge is -2.11. The van der Waals surface area contributed by atoms with Crippen LogP contribution in [0.2, 0.25) is 5.02 Å². The number of nitrogens with zero attached hydrogens (tertiary/aromatic N) is 4. The molecule has 4 aromatic rings. The second kappa shape index (κ2) is 10.8. The Labute approximate surface area is 203 Å². The molecular weight excluding hydrogens is 478 g/mol. The summed E-state index contributed by atoms with van der Waals surface area (Å²) in [6, 6.07) is 22.1. The SMILES string of the molecule is O=C(CSc1nnc(COc2ccc([N+](=O)[O-])cc2)n1-c1ccccc1)Nc1ccc(Cl)cc1. The van der Waals surface area contributed by atoms with E-state index in [9.17, 15) is 14.9 Å². The highest BCUT2D eigenvalue weighted by Gasteiger charge is 2.17. The third-order valence-corrected chi connectivity index (χ3v) is 5.77. The fraction of sp³-hybridized carbons (Fsp3) is 0.0870. The summed E-state index contributed by atoms with van der Waals surface area (Å²) in [4.78, 5) is 22.8. The molecule has 1 N–H and O–H groups in total. The molecule has 0 bridgehead atoms. The topological polar surface area (TPSA) is 112 Å². The fourth-order valence-electron chi connectivity index (χ4n) is 3.00. The second-order valence-electron chi connectivity index (χ2n) is 6.95. The number of carbonyl (C=O) groups excluding carboxylic acids is 1. The smallest absolute Gasteiger partial charge is 0.269 e. The van der Waals surface area contributed by atoms with Gasteiger partial charge in [0.1, 0.15) is 12.4 Å². The predicted octanol–water partition coefficient (Wildman–Crippen LogP) is 5.14. The Hall–Kier alpha value is -3.89. The van der Waals surface area contributed by atoms with Crippen molar-refractivity contribution in [1.29, 1.82) is 0 Å². The van der Waals surface area contributed by atoms with Crippen LogP contribution < -0.4 is 10.1 Å². The number of aromatic nitrogens is 3. The quantitative estimate of drug-likeness (QED) is 0.194. The van der Waals surface area contributed by atoms with Crippen molar-refractivity contribution in [3.8, 4) is 11.4 Å². The third kappa shape index (κ3) is 5.91. The van der Waals surface area contributed by atoms with Crippen LogP contribution in [0.4, 0.5) is 11.4 Å². The van der Waals surface area contributed by atoms with E-state index in [-0.39, 0.29) is 24.0 Å². The van der Waals surface area contributed by atoms with Crippen LogP contribution in [0.3, 0.4) is 0 Å². The van der Waals surface area contributed by atoms with E-state index in [0.717, 1.165) is 5.69 Å². The summed E-state index contributed by atoms with van der Waals surface area (Å²) in [5, 5.41) is 23.2. The van der Waals surface area contributed by atoms with Gasteiger partial charge in [0.25, 0.3) is 5.69 Å². The van der Waals surface area contributed by atoms with Crippen LogP contribution in [0.1, 0.15) is 5.82 Å². The predicted molar refractivity (Wildman–Crippen MR) is 130 cm³/mol. The number of halogens is 1. The zero-order chi connectivity index (χ0) is 23.9. The number of non-ortho nitro benzene ring substituents is 1. The molecule has 34 heavy (non-hydrogen) atoms. The first-order chi connectivity index (χ1) is 16.5. The molecule has 3 aromatic carbocycles. The molecule has 0 saturated heterocycles. The summed E-state index contributed by atoms with van der Waals surface area (Å²) in [6.07, 6.45) is 0. The van der Waals surface area contributed by atoms with Crippen LogP contribution in [0.5, 0.6) is 5.75 Å². The van der Waals surface area contributed by atoms with Gasteiger partial charge in [-0.1, -0.05) is 41.6 Å². The fourth-order valence-corrected chi connectivity index (χ4v) is 3.89. The number of nitro groups is 1. The zero-order valence-electron chi connectivity index (χ0n) is 17.6. The molecule has 1 heterocycles. The Morgan fingerprint density at radius 2 is 1.74 bits per heavy atom. The van der Waals surface area contributed by atoms with Crippen molar-refractivity contribution in [3.05, 3.63) is 99.8 Å². The lowest BCUT2D eigenvalue weighted by atomic mass is 10.3. The molecule has 0 aliphatic heterocycles. The molecular formula is C23H18ClN5O4S. The van der Waals surface area contributed by atoms with Gasteiger partial charge in [-0.05, 0) is 48.5 Å². The van der Waals surface area contributed by atoms with Crippen molar-refractivity contribution in [2.75, 3.05) is 11.1 Å². The van der Waals surface area contributed by atoms with E-state index in [0.29, 0.717) is 27.4 Å². The number of ether oxygens (including phenoxy) is 1. The minimum absolute atomic E-state index is 0.0182. The summed E-state index contributed by atoms with van der Waals surface area (Å²) in [7, 11) is 0. The van der Waals surface area contributed by atoms with Gasteiger partial charge in [-0.2, -0.15) is 0 Å². The zero-order valence-corrected chi connectivity index (χ0v) is 19.2. The van der Waals surface area contributed by atoms with Crippen LogP contribution in [-0.2, 0) is 11.4 Å². The van der Waals surface area contributed by atoms with Crippen LogP contribution in [0.25, 0.3) is 5.69 Å². The first-order valence-corrected chi connectivity index (χ1v) is 11.4. The Morgan fingerprint density at radius 3 is 2.41 bits per heavy atom. The highest BCUT2D eigenvalue weighted by atomic mass is 35.5. The molecule has 0 aliphatic carbocycles. The van der Waals surface area contributed by atoms with Crippen LogP contribution in [0, 0.1) is 10.1 Å². The van der Waals surface area contributed by atoms with Gasteiger partial charge >= 0.3 is 0 Å². The number of nitrogens with one attached hydrogen (secondary N) is 1. The van der Waals surface area contributed by atoms with Crippen molar-refractivity contribution >= 4 is 40.6 Å². The maximum absolute atomic E-state index is 12.4. The van der Waals surface area contributed by atoms with Crippen molar-refractivity contribution in [2.45, 2.75) is 11.8 Å². The number of para-hydroxylation sites is 1. The molecule has 0 aliphatic rings. The van der Waals surface area contributed by atoms with Crippen molar-refractivity contribution in [3.63, 3.8) is 0 Å². The van der Waals surface area contributed by atoms with Crippen LogP contribution >= 0.6 is 23.4 Å². The molecule has 4 rings (SSSR count). The lowest BCUT2D eigenvalue weighted by molar-refractivity contribution is -0.384. The van der Waals surface area contributed by atoms with E-state index >= 15 is 0 Å². The highest BCUT2D eigenvalue weighted by molar-refractivity contribution is 7.99. The van der Waals surface area contributed by atoms with Gasteiger partial charge in [0.2, 0.25) is 5.91 Å². The number of amides is 1. The normalized spacial score (nSPS) is 10.6. The number of carbonyl (C=O) groups is 1. The van der Waals surface area contributed by atoms with Gasteiger partial charge in [-0.3, -0.25) is 19.5 Å². The molecule has 172 valence electrons. The number of thioether (sulfide) groups is 1. The van der Waals surface area contributed by atoms with E-state index in [2.05, 4.69) is 15.5 Å². The third-order valence-electron chi connectivity index (χ3n) is 4.59. The van der Waals surface area contributed by atoms with E-state index in [1.54, 1.807) is 24.3 Å². The molecule has 9 nitrogen and oxygen atoms in total. The minimum atomic E-state index is -0.470. The molecule has 1 aromatic heterocycles. The summed E-state index contributed by atoms with van der Waals surface area (Å²) >= 11 is 7.12. The van der Waals surface area contributed by atoms with Gasteiger partial charge < -0.3 is 10.1 Å². The van der Waals surface area contributed by atoms with Crippen molar-refractivity contribution in [2.24, 2.45) is 0 Å². The number of rotatable bonds is 9. The summed E-state index contributed by atoms with van der Waals surface area (Å²) in [6.45, 7) is 0.0806. The molecule has 0 spiro atoms. The number of hydrogen-bond donors (Lipinski definition) is 1. The average Bonchev–Trinajstić information content (AvgIpc) is 3.26. The molecule has 0 unspecified atom stereocenters. The Bertz CT molecular complexity index is 1280. The van der Waals surface area contributed by atoms with Gasteiger partial charge in [0.15, 0.2) is 11.0 Å². The molecule has 0 saturated carbocycles. The van der Waals surface area contributed by atoms with Gasteiger partial charge in [0.05, 0.1) is 10.7 Å². The van der Waals surface area contributed by atoms with Gasteiger partial charge in [-0.15, -0.1) is 10.2 Å². The number of anilines is 1. The first kappa shape index (κ1) is 23.3. The standard InChI is InChI=1S/C23H18ClN5O4S/c24-16-6-8-17(9-7-16)25-22(30)15-34-23-27-26-21(28(23)18-4-2-1-3-5-18)14-33-20-12-10-19(11-13-20)29(31)32/h1-13H,14-15H2,(H,25,30). The number of benzene rings is 3. The van der Waals surface area contributed by atoms with Gasteiger partial charge in [0, 0.05) is 28.5 Å². The number of nitro benzene ring substituents is 1. The maximum atomic E-state index is 12.4. The Morgan fingerprint density at radius 1 is 1.03 bits per heavy atom. The lowest BCUT2D eigenvalue weighted by Crippen LogP contribution is -2.14. The molecule has 1 amide bonds. The van der Waals surface area contributed by atoms with E-state index in [1.807, 2.05) is 34.9 Å². The summed E-state index contributed by atoms with van der Waals surface area (Å²) in [5.41, 5.74) is 1.45.